The van der Waals surface area contributed by atoms with Gasteiger partial charge in [0.05, 0.1) is 0 Å². The number of benzene rings is 1. The Hall–Kier alpha value is -0.820. The molecule has 1 N–H and O–H groups in total. The van der Waals surface area contributed by atoms with Crippen LogP contribution in [-0.4, -0.2) is 5.11 Å². The molecule has 0 saturated heterocycles. The van der Waals surface area contributed by atoms with E-state index in [9.17, 15) is 0 Å². The highest BCUT2D eigenvalue weighted by Gasteiger charge is 1.98. The van der Waals surface area contributed by atoms with E-state index in [-0.39, 0.29) is 0 Å². The Kier molecular flexibility index (Phi) is 2.66. The Labute approximate surface area is 67.7 Å². The highest BCUT2D eigenvalue weighted by molar-refractivity contribution is 5.34. The first-order valence-electron chi connectivity index (χ1n) is 3.85. The van der Waals surface area contributed by atoms with Crippen LogP contribution in [0.15, 0.2) is 18.2 Å². The molecule has 0 fully saturated rings. The Bertz CT molecular complexity index is 241. The van der Waals surface area contributed by atoms with Crippen molar-refractivity contribution in [2.45, 2.75) is 20.3 Å². The van der Waals surface area contributed by atoms with Gasteiger partial charge in [-0.1, -0.05) is 30.7 Å². The topological polar surface area (TPSA) is 20.2 Å². The highest BCUT2D eigenvalue weighted by Crippen LogP contribution is 2.12. The van der Waals surface area contributed by atoms with Crippen LogP contribution in [0.2, 0.25) is 0 Å². The molecule has 0 spiro atoms. The third-order valence-electron chi connectivity index (χ3n) is 1.82. The second kappa shape index (κ2) is 3.54. The van der Waals surface area contributed by atoms with Crippen LogP contribution in [0.4, 0.5) is 0 Å². The van der Waals surface area contributed by atoms with E-state index < -0.39 is 0 Å². The van der Waals surface area contributed by atoms with Crippen LogP contribution in [0.3, 0.4) is 0 Å². The average molecular weight is 149 g/mol. The molecule has 0 atom stereocenters. The van der Waals surface area contributed by atoms with Crippen LogP contribution in [0.5, 0.6) is 0 Å². The molecule has 0 aliphatic rings. The lowest BCUT2D eigenvalue weighted by molar-refractivity contribution is 0.413. The average Bonchev–Trinajstić information content (AvgIpc) is 2.04. The quantitative estimate of drug-likeness (QED) is 0.684. The molecule has 59 valence electrons. The van der Waals surface area contributed by atoms with Crippen molar-refractivity contribution < 1.29 is 5.11 Å². The number of aryl methyl sites for hydroxylation is 2. The lowest BCUT2D eigenvalue weighted by atomic mass is 10.0. The van der Waals surface area contributed by atoms with Gasteiger partial charge in [-0.05, 0) is 24.5 Å². The van der Waals surface area contributed by atoms with E-state index >= 15 is 0 Å². The first-order chi connectivity index (χ1) is 5.27. The van der Waals surface area contributed by atoms with E-state index in [0.717, 1.165) is 12.0 Å². The van der Waals surface area contributed by atoms with E-state index in [2.05, 4.69) is 19.1 Å². The fraction of sp³-hybridized carbons (Fsp3) is 0.300. The van der Waals surface area contributed by atoms with Crippen molar-refractivity contribution in [2.24, 2.45) is 0 Å². The summed E-state index contributed by atoms with van der Waals surface area (Å²) in [6.07, 6.45) is 0.965. The molecule has 1 heteroatoms. The molecule has 0 bridgehead atoms. The molecule has 1 rings (SSSR count). The maximum atomic E-state index is 8.85. The van der Waals surface area contributed by atoms with Crippen molar-refractivity contribution in [3.8, 4) is 0 Å². The zero-order valence-corrected chi connectivity index (χ0v) is 6.96. The van der Waals surface area contributed by atoms with Crippen LogP contribution in [-0.2, 0) is 6.42 Å². The Balaban J connectivity index is 3.06. The van der Waals surface area contributed by atoms with Gasteiger partial charge in [-0.2, -0.15) is 0 Å². The van der Waals surface area contributed by atoms with E-state index in [1.54, 1.807) is 0 Å². The molecule has 0 heterocycles. The summed E-state index contributed by atoms with van der Waals surface area (Å²) in [6, 6.07) is 6.10. The number of aliphatic hydroxyl groups excluding tert-OH is 1. The van der Waals surface area contributed by atoms with Crippen molar-refractivity contribution in [3.63, 3.8) is 0 Å². The third-order valence-corrected chi connectivity index (χ3v) is 1.82. The molecule has 0 amide bonds. The van der Waals surface area contributed by atoms with Gasteiger partial charge >= 0.3 is 0 Å². The van der Waals surface area contributed by atoms with Crippen molar-refractivity contribution >= 4 is 0 Å². The number of hydrogen-bond acceptors (Lipinski definition) is 1. The summed E-state index contributed by atoms with van der Waals surface area (Å²) < 4.78 is 0. The first-order valence-corrected chi connectivity index (χ1v) is 3.85. The van der Waals surface area contributed by atoms with Gasteiger partial charge in [-0.15, -0.1) is 0 Å². The molecule has 1 aromatic carbocycles. The molecular formula is C10H13O. The van der Waals surface area contributed by atoms with Crippen molar-refractivity contribution in [1.82, 2.24) is 0 Å². The van der Waals surface area contributed by atoms with Crippen molar-refractivity contribution in [3.05, 3.63) is 41.5 Å². The minimum absolute atomic E-state index is 0.938. The van der Waals surface area contributed by atoms with Crippen LogP contribution >= 0.6 is 0 Å². The molecule has 0 aliphatic carbocycles. The van der Waals surface area contributed by atoms with Gasteiger partial charge < -0.3 is 5.11 Å². The summed E-state index contributed by atoms with van der Waals surface area (Å²) in [6.45, 7) is 5.27. The van der Waals surface area contributed by atoms with Crippen molar-refractivity contribution in [1.29, 1.82) is 0 Å². The maximum absolute atomic E-state index is 8.85. The highest BCUT2D eigenvalue weighted by atomic mass is 16.3. The molecule has 0 saturated carbocycles. The van der Waals surface area contributed by atoms with Gasteiger partial charge in [-0.25, -0.2) is 0 Å². The van der Waals surface area contributed by atoms with E-state index in [4.69, 9.17) is 5.11 Å². The summed E-state index contributed by atoms with van der Waals surface area (Å²) in [4.78, 5) is 0. The molecule has 0 aliphatic heterocycles. The summed E-state index contributed by atoms with van der Waals surface area (Å²) in [5, 5.41) is 8.85. The van der Waals surface area contributed by atoms with Gasteiger partial charge in [-0.3, -0.25) is 0 Å². The summed E-state index contributed by atoms with van der Waals surface area (Å²) in [5.41, 5.74) is 3.31. The molecule has 11 heavy (non-hydrogen) atoms. The number of aliphatic hydroxyl groups is 1. The maximum Gasteiger partial charge on any atom is 0.109 e. The molecule has 1 radical (unpaired) electrons. The zero-order chi connectivity index (χ0) is 8.27. The largest absolute Gasteiger partial charge is 0.385 e. The van der Waals surface area contributed by atoms with Gasteiger partial charge in [0.15, 0.2) is 0 Å². The standard InChI is InChI=1S/C10H13O/c1-3-9-5-4-8(2)6-10(9)7-11/h4-7,11H,3H2,1-2H3. The first kappa shape index (κ1) is 8.28. The molecular weight excluding hydrogens is 136 g/mol. The molecule has 1 nitrogen and oxygen atoms in total. The monoisotopic (exact) mass is 149 g/mol. The molecule has 0 aromatic heterocycles. The SMILES string of the molecule is CCc1ccc(C)cc1[CH]O. The second-order valence-corrected chi connectivity index (χ2v) is 2.68. The minimum atomic E-state index is 0.938. The second-order valence-electron chi connectivity index (χ2n) is 2.68. The zero-order valence-electron chi connectivity index (χ0n) is 6.96. The summed E-state index contributed by atoms with van der Waals surface area (Å²) in [7, 11) is 0. The van der Waals surface area contributed by atoms with Crippen LogP contribution < -0.4 is 0 Å². The van der Waals surface area contributed by atoms with Crippen LogP contribution in [0.1, 0.15) is 23.6 Å². The predicted molar refractivity (Wildman–Crippen MR) is 45.9 cm³/mol. The Morgan fingerprint density at radius 2 is 2.18 bits per heavy atom. The summed E-state index contributed by atoms with van der Waals surface area (Å²) >= 11 is 0. The number of rotatable bonds is 2. The lowest BCUT2D eigenvalue weighted by Crippen LogP contribution is -1.90. The van der Waals surface area contributed by atoms with Gasteiger partial charge in [0.2, 0.25) is 0 Å². The van der Waals surface area contributed by atoms with E-state index in [1.807, 2.05) is 13.0 Å². The van der Waals surface area contributed by atoms with Gasteiger partial charge in [0.25, 0.3) is 0 Å². The van der Waals surface area contributed by atoms with Crippen LogP contribution in [0.25, 0.3) is 0 Å². The predicted octanol–water partition coefficient (Wildman–Crippen LogP) is 2.44. The van der Waals surface area contributed by atoms with Gasteiger partial charge in [0, 0.05) is 0 Å². The Morgan fingerprint density at radius 3 is 2.73 bits per heavy atom. The van der Waals surface area contributed by atoms with Gasteiger partial charge in [0.1, 0.15) is 6.61 Å². The lowest BCUT2D eigenvalue weighted by Gasteiger charge is -2.04. The molecule has 1 aromatic rings. The summed E-state index contributed by atoms with van der Waals surface area (Å²) in [5.74, 6) is 0. The smallest absolute Gasteiger partial charge is 0.109 e. The van der Waals surface area contributed by atoms with Crippen LogP contribution in [0, 0.1) is 13.5 Å². The fourth-order valence-electron chi connectivity index (χ4n) is 1.16. The Morgan fingerprint density at radius 1 is 1.45 bits per heavy atom. The fourth-order valence-corrected chi connectivity index (χ4v) is 1.16. The third kappa shape index (κ3) is 1.81. The normalized spacial score (nSPS) is 10.1. The van der Waals surface area contributed by atoms with Crippen molar-refractivity contribution in [2.75, 3.05) is 0 Å². The molecule has 0 unspecified atom stereocenters. The number of hydrogen-bond donors (Lipinski definition) is 1. The van der Waals surface area contributed by atoms with E-state index in [0.29, 0.717) is 0 Å². The minimum Gasteiger partial charge on any atom is -0.385 e. The van der Waals surface area contributed by atoms with E-state index in [1.165, 1.54) is 17.7 Å².